The first-order chi connectivity index (χ1) is 31.1. The van der Waals surface area contributed by atoms with E-state index < -0.39 is 30.0 Å². The topological polar surface area (TPSA) is 172 Å². The average molecular weight is 882 g/mol. The molecule has 1 aliphatic carbocycles. The number of hydrogen-bond donors (Lipinski definition) is 2. The zero-order valence-corrected chi connectivity index (χ0v) is 35.8. The summed E-state index contributed by atoms with van der Waals surface area (Å²) >= 11 is 0. The molecular weight excluding hydrogens is 829 g/mol. The summed E-state index contributed by atoms with van der Waals surface area (Å²) in [5.41, 5.74) is 2.35. The third-order valence-corrected chi connectivity index (χ3v) is 14.8. The standard InChI is InChI=1S/C44H53F2N13O5/c1-52-39-33(3-2-4-34(39)59(44(52)63)35-9-10-37(60)50-43(35)62)55-14-11-27(12-15-55)54-19-17-53(18-20-54)26-5-7-28(8-6-26)58-24-32(38(51-58)40(45)46)48-42(61)31-22-47-57-16-13-36(49-41(31)57)56-23-30-21-29(56)25-64-30/h2-4,13,16,22,24,26-30,35,40H,5-12,14-15,17-21,23,25H2,1H3,(H,48,61)(H,50,60,62)/t26-,28-,29-,30-,35?/m1/s1. The second-order valence-corrected chi connectivity index (χ2v) is 18.3. The predicted octanol–water partition coefficient (Wildman–Crippen LogP) is 3.49. The van der Waals surface area contributed by atoms with E-state index in [2.05, 4.69) is 46.5 Å². The van der Waals surface area contributed by atoms with Crippen LogP contribution in [0.4, 0.5) is 26.0 Å². The number of halogens is 2. The molecule has 1 saturated carbocycles. The Balaban J connectivity index is 0.682. The molecule has 1 unspecified atom stereocenters. The van der Waals surface area contributed by atoms with E-state index in [0.29, 0.717) is 36.3 Å². The molecule has 2 bridgehead atoms. The van der Waals surface area contributed by atoms with Crippen LogP contribution in [0.15, 0.2) is 47.7 Å². The third-order valence-electron chi connectivity index (χ3n) is 14.8. The maximum absolute atomic E-state index is 14.4. The van der Waals surface area contributed by atoms with Crippen molar-refractivity contribution in [3.8, 4) is 0 Å². The maximum Gasteiger partial charge on any atom is 0.329 e. The first-order valence-electron chi connectivity index (χ1n) is 22.8. The van der Waals surface area contributed by atoms with Gasteiger partial charge in [-0.3, -0.25) is 43.3 Å². The molecule has 0 spiro atoms. The van der Waals surface area contributed by atoms with Crippen LogP contribution in [0.25, 0.3) is 16.7 Å². The fourth-order valence-corrected chi connectivity index (χ4v) is 11.4. The number of piperazine rings is 1. The van der Waals surface area contributed by atoms with Crippen molar-refractivity contribution in [1.82, 2.24) is 48.6 Å². The minimum absolute atomic E-state index is 0.000115. The summed E-state index contributed by atoms with van der Waals surface area (Å²) in [6.45, 7) is 7.02. The molecule has 11 rings (SSSR count). The van der Waals surface area contributed by atoms with Crippen molar-refractivity contribution in [3.63, 3.8) is 0 Å². The number of para-hydroxylation sites is 1. The number of nitrogens with zero attached hydrogens (tertiary/aromatic N) is 11. The Labute approximate surface area is 367 Å². The Hall–Kier alpha value is -5.73. The van der Waals surface area contributed by atoms with Crippen LogP contribution in [0.2, 0.25) is 0 Å². The lowest BCUT2D eigenvalue weighted by Crippen LogP contribution is -2.55. The molecule has 5 aromatic rings. The van der Waals surface area contributed by atoms with Gasteiger partial charge in [0.25, 0.3) is 12.3 Å². The molecule has 4 aromatic heterocycles. The second-order valence-electron chi connectivity index (χ2n) is 18.3. The van der Waals surface area contributed by atoms with E-state index in [4.69, 9.17) is 9.72 Å². The molecule has 5 aliphatic heterocycles. The number of amides is 3. The molecule has 1 aromatic carbocycles. The van der Waals surface area contributed by atoms with Crippen molar-refractivity contribution in [2.75, 3.05) is 67.5 Å². The monoisotopic (exact) mass is 881 g/mol. The second kappa shape index (κ2) is 16.4. The van der Waals surface area contributed by atoms with Gasteiger partial charge in [0, 0.05) is 83.8 Å². The summed E-state index contributed by atoms with van der Waals surface area (Å²) in [4.78, 5) is 66.2. The summed E-state index contributed by atoms with van der Waals surface area (Å²) in [5.74, 6) is -0.572. The van der Waals surface area contributed by atoms with E-state index in [1.807, 2.05) is 18.2 Å². The molecular formula is C44H53F2N13O5. The summed E-state index contributed by atoms with van der Waals surface area (Å²) in [7, 11) is 1.75. The van der Waals surface area contributed by atoms with Crippen molar-refractivity contribution < 1.29 is 27.9 Å². The molecule has 338 valence electrons. The van der Waals surface area contributed by atoms with Crippen molar-refractivity contribution in [2.24, 2.45) is 7.05 Å². The van der Waals surface area contributed by atoms with Crippen LogP contribution >= 0.6 is 0 Å². The number of rotatable bonds is 9. The number of imide groups is 1. The fraction of sp³-hybridized carbons (Fsp3) is 0.568. The Morgan fingerprint density at radius 3 is 2.33 bits per heavy atom. The van der Waals surface area contributed by atoms with E-state index in [9.17, 15) is 28.0 Å². The minimum atomic E-state index is -2.86. The summed E-state index contributed by atoms with van der Waals surface area (Å²) in [5, 5.41) is 13.7. The van der Waals surface area contributed by atoms with Crippen molar-refractivity contribution in [2.45, 2.75) is 101 Å². The molecule has 6 aliphatic rings. The number of hydrogen-bond acceptors (Lipinski definition) is 12. The predicted molar refractivity (Wildman–Crippen MR) is 232 cm³/mol. The van der Waals surface area contributed by atoms with E-state index in [-0.39, 0.29) is 47.5 Å². The molecule has 9 heterocycles. The zero-order chi connectivity index (χ0) is 43.8. The van der Waals surface area contributed by atoms with Gasteiger partial charge < -0.3 is 19.9 Å². The van der Waals surface area contributed by atoms with E-state index in [1.165, 1.54) is 10.7 Å². The quantitative estimate of drug-likeness (QED) is 0.207. The Morgan fingerprint density at radius 2 is 1.64 bits per heavy atom. The largest absolute Gasteiger partial charge is 0.374 e. The summed E-state index contributed by atoms with van der Waals surface area (Å²) in [6, 6.07) is 8.11. The number of ether oxygens (including phenoxy) is 1. The summed E-state index contributed by atoms with van der Waals surface area (Å²) < 4.78 is 40.8. The molecule has 64 heavy (non-hydrogen) atoms. The van der Waals surface area contributed by atoms with Crippen LogP contribution in [0.5, 0.6) is 0 Å². The number of carbonyl (C=O) groups is 3. The third kappa shape index (κ3) is 7.22. The average Bonchev–Trinajstić information content (AvgIpc) is 4.17. The highest BCUT2D eigenvalue weighted by Gasteiger charge is 2.40. The number of carbonyl (C=O) groups excluding carboxylic acids is 3. The number of aryl methyl sites for hydroxylation is 1. The molecule has 2 N–H and O–H groups in total. The van der Waals surface area contributed by atoms with Crippen LogP contribution in [-0.4, -0.2) is 138 Å². The lowest BCUT2D eigenvalue weighted by Gasteiger charge is -2.46. The minimum Gasteiger partial charge on any atom is -0.374 e. The summed E-state index contributed by atoms with van der Waals surface area (Å²) in [6.07, 6.45) is 9.00. The van der Waals surface area contributed by atoms with Gasteiger partial charge in [0.05, 0.1) is 53.4 Å². The highest BCUT2D eigenvalue weighted by Crippen LogP contribution is 2.37. The molecule has 0 radical (unpaired) electrons. The number of nitrogens with one attached hydrogen (secondary N) is 2. The smallest absolute Gasteiger partial charge is 0.329 e. The van der Waals surface area contributed by atoms with Gasteiger partial charge in [0.2, 0.25) is 11.8 Å². The molecule has 18 nitrogen and oxygen atoms in total. The van der Waals surface area contributed by atoms with Gasteiger partial charge in [-0.15, -0.1) is 0 Å². The highest BCUT2D eigenvalue weighted by molar-refractivity contribution is 6.08. The maximum atomic E-state index is 14.4. The van der Waals surface area contributed by atoms with Crippen molar-refractivity contribution in [3.05, 3.63) is 64.6 Å². The fourth-order valence-electron chi connectivity index (χ4n) is 11.4. The Bertz CT molecular complexity index is 2670. The zero-order valence-electron chi connectivity index (χ0n) is 35.8. The lowest BCUT2D eigenvalue weighted by atomic mass is 9.89. The first-order valence-corrected chi connectivity index (χ1v) is 22.8. The molecule has 6 fully saturated rings. The SMILES string of the molecule is Cn1c(=O)n(C2CCC(=O)NC2=O)c2cccc(N3CCC(N4CCN([C@H]5CC[C@H](n6cc(NC(=O)c7cnn8ccc(N9C[C@H]%10C[C@@H]9CO%10)nc78)c(C(F)F)n6)CC5)CC4)CC3)c21. The van der Waals surface area contributed by atoms with Crippen LogP contribution in [-0.2, 0) is 21.4 Å². The molecule has 5 saturated heterocycles. The normalized spacial score (nSPS) is 26.2. The number of fused-ring (bicyclic) bond motifs is 4. The van der Waals surface area contributed by atoms with Gasteiger partial charge in [0.15, 0.2) is 11.3 Å². The van der Waals surface area contributed by atoms with Gasteiger partial charge >= 0.3 is 5.69 Å². The molecule has 20 heteroatoms. The van der Waals surface area contributed by atoms with Gasteiger partial charge in [0.1, 0.15) is 17.4 Å². The van der Waals surface area contributed by atoms with Crippen LogP contribution in [0.3, 0.4) is 0 Å². The number of alkyl halides is 2. The van der Waals surface area contributed by atoms with Gasteiger partial charge in [-0.05, 0) is 69.6 Å². The number of morpholine rings is 1. The van der Waals surface area contributed by atoms with E-state index in [0.717, 1.165) is 108 Å². The van der Waals surface area contributed by atoms with E-state index in [1.54, 1.807) is 33.3 Å². The number of piperidine rings is 2. The number of anilines is 3. The van der Waals surface area contributed by atoms with E-state index >= 15 is 0 Å². The number of aromatic nitrogens is 7. The van der Waals surface area contributed by atoms with Gasteiger partial charge in [-0.2, -0.15) is 10.2 Å². The lowest BCUT2D eigenvalue weighted by molar-refractivity contribution is -0.135. The number of benzene rings is 1. The van der Waals surface area contributed by atoms with Crippen molar-refractivity contribution >= 4 is 51.6 Å². The van der Waals surface area contributed by atoms with Crippen LogP contribution in [0, 0.1) is 0 Å². The first kappa shape index (κ1) is 41.0. The van der Waals surface area contributed by atoms with Gasteiger partial charge in [-0.25, -0.2) is 23.1 Å². The van der Waals surface area contributed by atoms with Crippen LogP contribution < -0.4 is 26.1 Å². The molecule has 3 atom stereocenters. The molecule has 3 amide bonds. The highest BCUT2D eigenvalue weighted by atomic mass is 19.3. The Kier molecular flexibility index (Phi) is 10.5. The van der Waals surface area contributed by atoms with Gasteiger partial charge in [-0.1, -0.05) is 6.07 Å². The Morgan fingerprint density at radius 1 is 0.906 bits per heavy atom. The van der Waals surface area contributed by atoms with Crippen LogP contribution in [0.1, 0.15) is 92.3 Å². The number of imidazole rings is 1. The van der Waals surface area contributed by atoms with Crippen molar-refractivity contribution in [1.29, 1.82) is 0 Å².